The number of ether oxygens (including phenoxy) is 3. The van der Waals surface area contributed by atoms with Gasteiger partial charge in [-0.05, 0) is 91.9 Å². The van der Waals surface area contributed by atoms with E-state index in [4.69, 9.17) is 25.8 Å². The molecular weight excluding hydrogens is 688 g/mol. The third-order valence-corrected chi connectivity index (χ3v) is 9.76. The first kappa shape index (κ1) is 37.7. The van der Waals surface area contributed by atoms with Crippen molar-refractivity contribution in [2.45, 2.75) is 59.1 Å². The van der Waals surface area contributed by atoms with Crippen LogP contribution in [0, 0.1) is 25.2 Å². The molecule has 1 fully saturated rings. The number of nitriles is 1. The molecule has 3 heterocycles. The molecule has 1 atom stereocenters. The monoisotopic (exact) mass is 732 g/mol. The highest BCUT2D eigenvalue weighted by atomic mass is 35.5. The molecule has 10 nitrogen and oxygen atoms in total. The molecule has 53 heavy (non-hydrogen) atoms. The number of benzene rings is 3. The summed E-state index contributed by atoms with van der Waals surface area (Å²) in [4.78, 5) is 8.58. The van der Waals surface area contributed by atoms with Gasteiger partial charge in [-0.2, -0.15) is 15.5 Å². The molecule has 1 aliphatic rings. The van der Waals surface area contributed by atoms with Crippen molar-refractivity contribution in [3.8, 4) is 34.4 Å². The fourth-order valence-corrected chi connectivity index (χ4v) is 6.85. The van der Waals surface area contributed by atoms with E-state index in [0.717, 1.165) is 82.9 Å². The van der Waals surface area contributed by atoms with E-state index >= 15 is 0 Å². The summed E-state index contributed by atoms with van der Waals surface area (Å²) < 4.78 is 19.0. The van der Waals surface area contributed by atoms with Crippen molar-refractivity contribution < 1.29 is 19.3 Å². The summed E-state index contributed by atoms with van der Waals surface area (Å²) in [5, 5.41) is 27.8. The van der Waals surface area contributed by atoms with Gasteiger partial charge < -0.3 is 24.2 Å². The maximum absolute atomic E-state index is 9.80. The first-order valence-corrected chi connectivity index (χ1v) is 18.2. The first-order valence-electron chi connectivity index (χ1n) is 17.9. The molecule has 1 aliphatic heterocycles. The predicted molar refractivity (Wildman–Crippen MR) is 205 cm³/mol. The number of aromatic nitrogens is 3. The molecule has 6 rings (SSSR count). The van der Waals surface area contributed by atoms with E-state index in [-0.39, 0.29) is 12.7 Å². The van der Waals surface area contributed by atoms with Gasteiger partial charge in [-0.3, -0.25) is 9.88 Å². The molecule has 0 unspecified atom stereocenters. The predicted octanol–water partition coefficient (Wildman–Crippen LogP) is 7.31. The van der Waals surface area contributed by atoms with Gasteiger partial charge in [0.2, 0.25) is 0 Å². The highest BCUT2D eigenvalue weighted by Crippen LogP contribution is 2.37. The van der Waals surface area contributed by atoms with Crippen LogP contribution in [0.2, 0.25) is 5.02 Å². The fourth-order valence-electron chi connectivity index (χ4n) is 6.61. The maximum Gasteiger partial charge on any atom is 0.142 e. The van der Waals surface area contributed by atoms with Crippen LogP contribution in [0.3, 0.4) is 0 Å². The van der Waals surface area contributed by atoms with Crippen LogP contribution in [0.15, 0.2) is 85.3 Å². The largest absolute Gasteiger partial charge is 0.493 e. The quantitative estimate of drug-likeness (QED) is 0.104. The lowest BCUT2D eigenvalue weighted by Gasteiger charge is -2.21. The molecule has 0 aliphatic carbocycles. The second-order valence-electron chi connectivity index (χ2n) is 13.5. The Labute approximate surface area is 316 Å². The Morgan fingerprint density at radius 1 is 0.906 bits per heavy atom. The second-order valence-corrected chi connectivity index (χ2v) is 13.9. The minimum atomic E-state index is -0.203. The molecule has 3 aromatic carbocycles. The van der Waals surface area contributed by atoms with E-state index in [1.807, 2.05) is 49.5 Å². The van der Waals surface area contributed by atoms with Gasteiger partial charge in [0.05, 0.1) is 29.0 Å². The Morgan fingerprint density at radius 2 is 1.72 bits per heavy atom. The zero-order chi connectivity index (χ0) is 37.2. The number of hydrogen-bond donors (Lipinski definition) is 1. The van der Waals surface area contributed by atoms with Crippen molar-refractivity contribution in [2.24, 2.45) is 0 Å². The highest BCUT2D eigenvalue weighted by Gasteiger charge is 2.20. The number of rotatable bonds is 16. The van der Waals surface area contributed by atoms with Gasteiger partial charge in [-0.15, -0.1) is 0 Å². The van der Waals surface area contributed by atoms with Gasteiger partial charge in [-0.25, -0.2) is 0 Å². The molecule has 1 N–H and O–H groups in total. The van der Waals surface area contributed by atoms with Crippen LogP contribution < -0.4 is 14.2 Å². The number of β-amino-alcohol motifs (C(OH)–C–C–N with tert-alkyl or cyclic N) is 1. The van der Waals surface area contributed by atoms with Gasteiger partial charge in [0, 0.05) is 68.5 Å². The maximum atomic E-state index is 9.80. The molecule has 0 radical (unpaired) electrons. The van der Waals surface area contributed by atoms with Crippen molar-refractivity contribution in [1.29, 1.82) is 5.26 Å². The molecular formula is C42H45ClN6O4. The minimum absolute atomic E-state index is 0.203. The van der Waals surface area contributed by atoms with Crippen molar-refractivity contribution in [1.82, 2.24) is 25.0 Å². The smallest absolute Gasteiger partial charge is 0.142 e. The zero-order valence-corrected chi connectivity index (χ0v) is 31.2. The molecule has 0 bridgehead atoms. The molecule has 2 aromatic heterocycles. The Hall–Kier alpha value is -5.05. The lowest BCUT2D eigenvalue weighted by molar-refractivity contribution is 0.173. The van der Waals surface area contributed by atoms with Crippen LogP contribution in [0.25, 0.3) is 11.1 Å². The van der Waals surface area contributed by atoms with Gasteiger partial charge in [0.25, 0.3) is 0 Å². The lowest BCUT2D eigenvalue weighted by Crippen LogP contribution is -2.24. The van der Waals surface area contributed by atoms with E-state index in [1.54, 1.807) is 18.5 Å². The zero-order valence-electron chi connectivity index (χ0n) is 30.5. The normalized spacial score (nSPS) is 14.3. The summed E-state index contributed by atoms with van der Waals surface area (Å²) in [5.74, 6) is 2.00. The third-order valence-electron chi connectivity index (χ3n) is 9.46. The Kier molecular flexibility index (Phi) is 12.9. The fraction of sp³-hybridized carbons (Fsp3) is 0.333. The van der Waals surface area contributed by atoms with Crippen LogP contribution in [0.5, 0.6) is 17.2 Å². The van der Waals surface area contributed by atoms with Gasteiger partial charge in [0.15, 0.2) is 0 Å². The minimum Gasteiger partial charge on any atom is -0.493 e. The average molecular weight is 733 g/mol. The van der Waals surface area contributed by atoms with Crippen molar-refractivity contribution in [2.75, 3.05) is 33.3 Å². The number of pyridine rings is 1. The number of halogens is 1. The molecule has 0 spiro atoms. The summed E-state index contributed by atoms with van der Waals surface area (Å²) >= 11 is 6.87. The lowest BCUT2D eigenvalue weighted by atomic mass is 9.93. The summed E-state index contributed by atoms with van der Waals surface area (Å²) in [5.41, 5.74) is 8.44. The molecule has 5 aromatic rings. The standard InChI is InChI=1S/C42H45ClN6O4/c1-29-33(8-4-10-37(29)38-11-5-12-40(30(38)2)51-17-7-15-49-16-13-36(50)26-49)28-53-42-20-41(52-27-32-18-31(21-44)22-45-23-32)34(19-39(42)43)24-48(3)25-35-9-6-14-46-47-35/h4-6,8-12,14,18-20,22-23,36,50H,7,13,15-17,24-28H2,1-3H3/t36-/m1/s1. The third kappa shape index (κ3) is 10.1. The molecule has 0 amide bonds. The van der Waals surface area contributed by atoms with E-state index in [2.05, 4.69) is 63.1 Å². The van der Waals surface area contributed by atoms with E-state index in [0.29, 0.717) is 48.4 Å². The Bertz CT molecular complexity index is 2040. The van der Waals surface area contributed by atoms with Crippen molar-refractivity contribution >= 4 is 11.6 Å². The second kappa shape index (κ2) is 18.1. The summed E-state index contributed by atoms with van der Waals surface area (Å²) in [6, 6.07) is 23.9. The van der Waals surface area contributed by atoms with E-state index in [9.17, 15) is 10.4 Å². The highest BCUT2D eigenvalue weighted by molar-refractivity contribution is 6.32. The molecule has 11 heteroatoms. The Balaban J connectivity index is 1.17. The molecule has 1 saturated heterocycles. The van der Waals surface area contributed by atoms with Crippen LogP contribution >= 0.6 is 11.6 Å². The summed E-state index contributed by atoms with van der Waals surface area (Å²) in [6.45, 7) is 9.10. The average Bonchev–Trinajstić information content (AvgIpc) is 3.58. The Morgan fingerprint density at radius 3 is 2.49 bits per heavy atom. The first-order chi connectivity index (χ1) is 25.8. The van der Waals surface area contributed by atoms with E-state index < -0.39 is 0 Å². The number of hydrogen-bond acceptors (Lipinski definition) is 10. The van der Waals surface area contributed by atoms with Crippen LogP contribution in [0.1, 0.15) is 51.9 Å². The number of nitrogens with zero attached hydrogens (tertiary/aromatic N) is 6. The van der Waals surface area contributed by atoms with Gasteiger partial charge in [0.1, 0.15) is 36.5 Å². The topological polar surface area (TPSA) is 117 Å². The number of likely N-dealkylation sites (tertiary alicyclic amines) is 1. The van der Waals surface area contributed by atoms with Crippen molar-refractivity contribution in [3.05, 3.63) is 129 Å². The van der Waals surface area contributed by atoms with Crippen LogP contribution in [-0.2, 0) is 26.3 Å². The van der Waals surface area contributed by atoms with Gasteiger partial charge in [-0.1, -0.05) is 41.9 Å². The van der Waals surface area contributed by atoms with Gasteiger partial charge >= 0.3 is 0 Å². The van der Waals surface area contributed by atoms with Crippen molar-refractivity contribution in [3.63, 3.8) is 0 Å². The van der Waals surface area contributed by atoms with Crippen LogP contribution in [0.4, 0.5) is 0 Å². The number of aliphatic hydroxyl groups excluding tert-OH is 1. The summed E-state index contributed by atoms with van der Waals surface area (Å²) in [7, 11) is 2.00. The SMILES string of the molecule is Cc1c(COc2cc(OCc3cncc(C#N)c3)c(CN(C)Cc3cccnn3)cc2Cl)cccc1-c1cccc(OCCCN2CC[C@@H](O)C2)c1C. The number of aliphatic hydroxyl groups is 1. The van der Waals surface area contributed by atoms with E-state index in [1.165, 1.54) is 6.20 Å². The molecule has 0 saturated carbocycles. The van der Waals surface area contributed by atoms with Crippen LogP contribution in [-0.4, -0.2) is 69.5 Å². The summed E-state index contributed by atoms with van der Waals surface area (Å²) in [6.07, 6.45) is 6.43. The molecule has 274 valence electrons.